The average Bonchev–Trinajstić information content (AvgIpc) is 2.10. The second-order valence-electron chi connectivity index (χ2n) is 2.93. The Kier molecular flexibility index (Phi) is 6.63. The normalized spacial score (nSPS) is 12.0. The fraction of sp³-hybridized carbons (Fsp3) is 0.667. The summed E-state index contributed by atoms with van der Waals surface area (Å²) in [7, 11) is 1.33. The molecule has 0 amide bonds. The summed E-state index contributed by atoms with van der Waals surface area (Å²) in [5.41, 5.74) is 1.23. The average molecular weight is 206 g/mol. The molecule has 4 heteroatoms. The van der Waals surface area contributed by atoms with Gasteiger partial charge in [0.25, 0.3) is 0 Å². The van der Waals surface area contributed by atoms with Crippen molar-refractivity contribution in [3.05, 3.63) is 11.6 Å². The van der Waals surface area contributed by atoms with Gasteiger partial charge in [0, 0.05) is 13.1 Å². The van der Waals surface area contributed by atoms with E-state index < -0.39 is 11.3 Å². The number of carbonyl (C=O) groups is 1. The van der Waals surface area contributed by atoms with Gasteiger partial charge < -0.3 is 10.1 Å². The highest BCUT2D eigenvalue weighted by Crippen LogP contribution is 1.96. The summed E-state index contributed by atoms with van der Waals surface area (Å²) in [6, 6.07) is 0. The number of halogens is 1. The lowest BCUT2D eigenvalue weighted by molar-refractivity contribution is -0.140. The van der Waals surface area contributed by atoms with E-state index in [4.69, 9.17) is 11.6 Å². The minimum Gasteiger partial charge on any atom is -0.468 e. The summed E-state index contributed by atoms with van der Waals surface area (Å²) < 4.78 is 4.46. The predicted octanol–water partition coefficient (Wildman–Crippen LogP) is 1.32. The molecule has 0 fully saturated rings. The van der Waals surface area contributed by atoms with Gasteiger partial charge >= 0.3 is 5.97 Å². The number of hydrogen-bond acceptors (Lipinski definition) is 3. The topological polar surface area (TPSA) is 38.3 Å². The molecule has 1 unspecified atom stereocenters. The Morgan fingerprint density at radius 2 is 2.23 bits per heavy atom. The molecule has 0 saturated carbocycles. The highest BCUT2D eigenvalue weighted by atomic mass is 35.5. The first-order chi connectivity index (χ1) is 6.07. The van der Waals surface area contributed by atoms with E-state index >= 15 is 0 Å². The third kappa shape index (κ3) is 6.61. The van der Waals surface area contributed by atoms with Crippen LogP contribution in [0.1, 0.15) is 13.8 Å². The first-order valence-corrected chi connectivity index (χ1v) is 4.57. The Bertz CT molecular complexity index is 188. The third-order valence-corrected chi connectivity index (χ3v) is 1.77. The lowest BCUT2D eigenvalue weighted by atomic mass is 10.3. The number of esters is 1. The van der Waals surface area contributed by atoms with Gasteiger partial charge in [0.1, 0.15) is 5.38 Å². The number of methoxy groups -OCH3 is 1. The van der Waals surface area contributed by atoms with E-state index in [-0.39, 0.29) is 0 Å². The van der Waals surface area contributed by atoms with Crippen molar-refractivity contribution in [2.45, 2.75) is 19.2 Å². The third-order valence-electron chi connectivity index (χ3n) is 1.44. The molecule has 0 spiro atoms. The minimum atomic E-state index is -0.601. The van der Waals surface area contributed by atoms with Crippen molar-refractivity contribution in [2.75, 3.05) is 20.2 Å². The molecule has 3 nitrogen and oxygen atoms in total. The molecule has 0 aliphatic carbocycles. The Morgan fingerprint density at radius 3 is 2.69 bits per heavy atom. The van der Waals surface area contributed by atoms with Gasteiger partial charge in [-0.3, -0.25) is 4.79 Å². The quantitative estimate of drug-likeness (QED) is 0.319. The van der Waals surface area contributed by atoms with Crippen LogP contribution >= 0.6 is 11.6 Å². The van der Waals surface area contributed by atoms with E-state index in [1.54, 1.807) is 0 Å². The summed E-state index contributed by atoms with van der Waals surface area (Å²) in [4.78, 5) is 10.8. The standard InChI is InChI=1S/C9H16ClNO2/c1-7(2)4-5-11-6-8(10)9(12)13-3/h4,8,11H,5-6H2,1-3H3. The number of allylic oxidation sites excluding steroid dienone is 1. The van der Waals surface area contributed by atoms with Crippen LogP contribution in [0.15, 0.2) is 11.6 Å². The van der Waals surface area contributed by atoms with Crippen LogP contribution in [0.3, 0.4) is 0 Å². The van der Waals surface area contributed by atoms with Crippen LogP contribution in [0, 0.1) is 0 Å². The summed E-state index contributed by atoms with van der Waals surface area (Å²) in [6.45, 7) is 5.18. The lowest BCUT2D eigenvalue weighted by Crippen LogP contribution is -2.30. The van der Waals surface area contributed by atoms with E-state index in [0.29, 0.717) is 6.54 Å². The van der Waals surface area contributed by atoms with Crippen molar-refractivity contribution in [3.63, 3.8) is 0 Å². The van der Waals surface area contributed by atoms with Crippen molar-refractivity contribution in [2.24, 2.45) is 0 Å². The van der Waals surface area contributed by atoms with Crippen molar-refractivity contribution in [1.82, 2.24) is 5.32 Å². The molecule has 0 rings (SSSR count). The van der Waals surface area contributed by atoms with Crippen LogP contribution < -0.4 is 5.32 Å². The fourth-order valence-corrected chi connectivity index (χ4v) is 0.896. The molecule has 0 aromatic rings. The van der Waals surface area contributed by atoms with Crippen LogP contribution in [-0.2, 0) is 9.53 Å². The number of nitrogens with one attached hydrogen (secondary N) is 1. The molecule has 0 aromatic carbocycles. The van der Waals surface area contributed by atoms with Gasteiger partial charge in [0.15, 0.2) is 0 Å². The van der Waals surface area contributed by atoms with Crippen LogP contribution in [0.25, 0.3) is 0 Å². The monoisotopic (exact) mass is 205 g/mol. The summed E-state index contributed by atoms with van der Waals surface area (Å²) in [5, 5.41) is 2.42. The first-order valence-electron chi connectivity index (χ1n) is 4.14. The number of ether oxygens (including phenoxy) is 1. The Balaban J connectivity index is 3.53. The second-order valence-corrected chi connectivity index (χ2v) is 3.46. The summed E-state index contributed by atoms with van der Waals surface area (Å²) in [6.07, 6.45) is 2.03. The molecule has 0 heterocycles. The molecule has 13 heavy (non-hydrogen) atoms. The van der Waals surface area contributed by atoms with Crippen LogP contribution in [-0.4, -0.2) is 31.5 Å². The Labute approximate surface area is 84.1 Å². The molecule has 0 aliphatic heterocycles. The fourth-order valence-electron chi connectivity index (χ4n) is 0.698. The van der Waals surface area contributed by atoms with Gasteiger partial charge in [0.05, 0.1) is 7.11 Å². The minimum absolute atomic E-state index is 0.397. The Morgan fingerprint density at radius 1 is 1.62 bits per heavy atom. The molecule has 0 aliphatic rings. The molecule has 0 aromatic heterocycles. The molecular formula is C9H16ClNO2. The van der Waals surface area contributed by atoms with E-state index in [1.807, 2.05) is 19.9 Å². The predicted molar refractivity (Wildman–Crippen MR) is 54.0 cm³/mol. The smallest absolute Gasteiger partial charge is 0.325 e. The van der Waals surface area contributed by atoms with Gasteiger partial charge in [-0.1, -0.05) is 11.6 Å². The van der Waals surface area contributed by atoms with Gasteiger partial charge in [-0.15, -0.1) is 11.6 Å². The number of hydrogen-bond donors (Lipinski definition) is 1. The van der Waals surface area contributed by atoms with Crippen LogP contribution in [0.4, 0.5) is 0 Å². The van der Waals surface area contributed by atoms with Gasteiger partial charge in [-0.05, 0) is 13.8 Å². The SMILES string of the molecule is COC(=O)C(Cl)CNCC=C(C)C. The first kappa shape index (κ1) is 12.5. The van der Waals surface area contributed by atoms with Crippen molar-refractivity contribution >= 4 is 17.6 Å². The van der Waals surface area contributed by atoms with E-state index in [1.165, 1.54) is 12.7 Å². The maximum Gasteiger partial charge on any atom is 0.325 e. The molecule has 76 valence electrons. The van der Waals surface area contributed by atoms with Crippen molar-refractivity contribution in [1.29, 1.82) is 0 Å². The molecule has 1 atom stereocenters. The molecule has 0 bridgehead atoms. The van der Waals surface area contributed by atoms with Crippen molar-refractivity contribution < 1.29 is 9.53 Å². The van der Waals surface area contributed by atoms with Gasteiger partial charge in [-0.2, -0.15) is 0 Å². The highest BCUT2D eigenvalue weighted by Gasteiger charge is 2.13. The number of carbonyl (C=O) groups excluding carboxylic acids is 1. The second kappa shape index (κ2) is 6.92. The van der Waals surface area contributed by atoms with E-state index in [2.05, 4.69) is 10.1 Å². The van der Waals surface area contributed by atoms with Crippen LogP contribution in [0.5, 0.6) is 0 Å². The van der Waals surface area contributed by atoms with Crippen LogP contribution in [0.2, 0.25) is 0 Å². The van der Waals surface area contributed by atoms with E-state index in [9.17, 15) is 4.79 Å². The number of rotatable bonds is 5. The maximum atomic E-state index is 10.8. The molecular weight excluding hydrogens is 190 g/mol. The molecule has 1 N–H and O–H groups in total. The zero-order valence-electron chi connectivity index (χ0n) is 8.26. The summed E-state index contributed by atoms with van der Waals surface area (Å²) >= 11 is 5.69. The molecule has 0 saturated heterocycles. The van der Waals surface area contributed by atoms with Gasteiger partial charge in [-0.25, -0.2) is 0 Å². The zero-order chi connectivity index (χ0) is 10.3. The largest absolute Gasteiger partial charge is 0.468 e. The van der Waals surface area contributed by atoms with E-state index in [0.717, 1.165) is 6.54 Å². The van der Waals surface area contributed by atoms with Crippen molar-refractivity contribution in [3.8, 4) is 0 Å². The lowest BCUT2D eigenvalue weighted by Gasteiger charge is -2.06. The Hall–Kier alpha value is -0.540. The zero-order valence-corrected chi connectivity index (χ0v) is 9.02. The van der Waals surface area contributed by atoms with Gasteiger partial charge in [0.2, 0.25) is 0 Å². The number of alkyl halides is 1. The highest BCUT2D eigenvalue weighted by molar-refractivity contribution is 6.30. The maximum absolute atomic E-state index is 10.8. The summed E-state index contributed by atoms with van der Waals surface area (Å²) in [5.74, 6) is -0.397. The molecule has 0 radical (unpaired) electrons.